The maximum atomic E-state index is 5.72. The molecule has 0 saturated carbocycles. The molecule has 0 radical (unpaired) electrons. The van der Waals surface area contributed by atoms with Gasteiger partial charge in [0.1, 0.15) is 0 Å². The molecule has 0 atom stereocenters. The first-order valence-corrected chi connectivity index (χ1v) is 6.92. The molecule has 0 spiro atoms. The first kappa shape index (κ1) is 12.3. The molecule has 1 fully saturated rings. The molecule has 2 rings (SSSR count). The fourth-order valence-corrected chi connectivity index (χ4v) is 2.28. The summed E-state index contributed by atoms with van der Waals surface area (Å²) in [5.74, 6) is 1.55. The average Bonchev–Trinajstić information content (AvgIpc) is 2.32. The zero-order chi connectivity index (χ0) is 11.4. The summed E-state index contributed by atoms with van der Waals surface area (Å²) in [6.45, 7) is 5.03. The second-order valence-corrected chi connectivity index (χ2v) is 5.34. The summed E-state index contributed by atoms with van der Waals surface area (Å²) in [4.78, 5) is 13.3. The molecule has 1 aliphatic heterocycles. The summed E-state index contributed by atoms with van der Waals surface area (Å²) in [5.41, 5.74) is 0. The van der Waals surface area contributed by atoms with Crippen LogP contribution in [0.15, 0.2) is 12.4 Å². The van der Waals surface area contributed by atoms with Crippen LogP contribution in [0.25, 0.3) is 0 Å². The average molecular weight is 353 g/mol. The third kappa shape index (κ3) is 3.18. The molecule has 1 aromatic rings. The lowest BCUT2D eigenvalue weighted by molar-refractivity contribution is 0.271. The minimum Gasteiger partial charge on any atom is -0.338 e. The normalized spacial score (nSPS) is 17.8. The minimum absolute atomic E-state index is 0.708. The number of hydrogen-bond acceptors (Lipinski definition) is 4. The van der Waals surface area contributed by atoms with Crippen LogP contribution in [0.4, 0.5) is 5.95 Å². The first-order valence-electron chi connectivity index (χ1n) is 5.30. The molecule has 4 nitrogen and oxygen atoms in total. The molecule has 2 heterocycles. The van der Waals surface area contributed by atoms with Crippen molar-refractivity contribution < 1.29 is 0 Å². The number of aromatic nitrogens is 2. The molecule has 16 heavy (non-hydrogen) atoms. The van der Waals surface area contributed by atoms with Crippen LogP contribution in [0, 0.1) is 3.57 Å². The van der Waals surface area contributed by atoms with Gasteiger partial charge in [-0.2, -0.15) is 0 Å². The Balaban J connectivity index is 1.91. The predicted octanol–water partition coefficient (Wildman–Crippen LogP) is 1.44. The Hall–Kier alpha value is -0.140. The lowest BCUT2D eigenvalue weighted by Crippen LogP contribution is -2.47. The second kappa shape index (κ2) is 5.97. The smallest absolute Gasteiger partial charge is 0.225 e. The highest BCUT2D eigenvalue weighted by molar-refractivity contribution is 14.1. The molecular formula is C10H14ClIN4. The lowest BCUT2D eigenvalue weighted by atomic mass is 10.3. The first-order chi connectivity index (χ1) is 7.79. The summed E-state index contributed by atoms with van der Waals surface area (Å²) < 4.78 is 1.07. The fraction of sp³-hybridized carbons (Fsp3) is 0.600. The molecule has 0 bridgehead atoms. The number of rotatable bonds is 3. The Labute approximate surface area is 114 Å². The number of alkyl halides is 1. The van der Waals surface area contributed by atoms with Crippen molar-refractivity contribution in [1.29, 1.82) is 0 Å². The van der Waals surface area contributed by atoms with Gasteiger partial charge in [0.15, 0.2) is 0 Å². The largest absolute Gasteiger partial charge is 0.338 e. The molecule has 0 amide bonds. The van der Waals surface area contributed by atoms with Gasteiger partial charge in [-0.3, -0.25) is 4.90 Å². The maximum absolute atomic E-state index is 5.72. The van der Waals surface area contributed by atoms with Crippen molar-refractivity contribution in [2.24, 2.45) is 0 Å². The highest BCUT2D eigenvalue weighted by Gasteiger charge is 2.17. The third-order valence-corrected chi connectivity index (χ3v) is 3.39. The Kier molecular flexibility index (Phi) is 4.60. The van der Waals surface area contributed by atoms with Crippen molar-refractivity contribution in [2.45, 2.75) is 0 Å². The van der Waals surface area contributed by atoms with E-state index >= 15 is 0 Å². The van der Waals surface area contributed by atoms with Crippen molar-refractivity contribution in [3.05, 3.63) is 16.0 Å². The van der Waals surface area contributed by atoms with Crippen molar-refractivity contribution in [3.8, 4) is 0 Å². The van der Waals surface area contributed by atoms with Crippen molar-refractivity contribution in [3.63, 3.8) is 0 Å². The molecule has 6 heteroatoms. The summed E-state index contributed by atoms with van der Waals surface area (Å²) >= 11 is 7.94. The zero-order valence-corrected chi connectivity index (χ0v) is 11.9. The van der Waals surface area contributed by atoms with Gasteiger partial charge in [0, 0.05) is 54.6 Å². The van der Waals surface area contributed by atoms with Gasteiger partial charge in [-0.1, -0.05) is 0 Å². The van der Waals surface area contributed by atoms with E-state index in [1.165, 1.54) is 0 Å². The van der Waals surface area contributed by atoms with Crippen molar-refractivity contribution in [1.82, 2.24) is 14.9 Å². The highest BCUT2D eigenvalue weighted by atomic mass is 127. The van der Waals surface area contributed by atoms with E-state index < -0.39 is 0 Å². The summed E-state index contributed by atoms with van der Waals surface area (Å²) in [7, 11) is 0. The lowest BCUT2D eigenvalue weighted by Gasteiger charge is -2.34. The van der Waals surface area contributed by atoms with Gasteiger partial charge in [0.2, 0.25) is 5.95 Å². The van der Waals surface area contributed by atoms with Crippen LogP contribution in [0.3, 0.4) is 0 Å². The van der Waals surface area contributed by atoms with E-state index in [1.54, 1.807) is 0 Å². The van der Waals surface area contributed by atoms with Crippen LogP contribution in [-0.4, -0.2) is 53.5 Å². The van der Waals surface area contributed by atoms with Gasteiger partial charge < -0.3 is 4.90 Å². The fourth-order valence-electron chi connectivity index (χ4n) is 1.76. The number of piperazine rings is 1. The van der Waals surface area contributed by atoms with Crippen LogP contribution < -0.4 is 4.90 Å². The Bertz CT molecular complexity index is 324. The van der Waals surface area contributed by atoms with Gasteiger partial charge in [-0.25, -0.2) is 9.97 Å². The third-order valence-electron chi connectivity index (χ3n) is 2.66. The van der Waals surface area contributed by atoms with E-state index in [4.69, 9.17) is 11.6 Å². The monoisotopic (exact) mass is 352 g/mol. The summed E-state index contributed by atoms with van der Waals surface area (Å²) in [6, 6.07) is 0. The van der Waals surface area contributed by atoms with Crippen molar-refractivity contribution in [2.75, 3.05) is 43.5 Å². The quantitative estimate of drug-likeness (QED) is 0.609. The molecule has 88 valence electrons. The van der Waals surface area contributed by atoms with Gasteiger partial charge >= 0.3 is 0 Å². The van der Waals surface area contributed by atoms with Crippen LogP contribution in [-0.2, 0) is 0 Å². The maximum Gasteiger partial charge on any atom is 0.225 e. The van der Waals surface area contributed by atoms with E-state index in [0.29, 0.717) is 5.88 Å². The van der Waals surface area contributed by atoms with E-state index in [-0.39, 0.29) is 0 Å². The Morgan fingerprint density at radius 1 is 1.19 bits per heavy atom. The van der Waals surface area contributed by atoms with Crippen LogP contribution >= 0.6 is 34.2 Å². The zero-order valence-electron chi connectivity index (χ0n) is 8.94. The number of nitrogens with zero attached hydrogens (tertiary/aromatic N) is 4. The number of anilines is 1. The standard InChI is InChI=1S/C10H14ClIN4/c11-1-2-15-3-5-16(6-4-15)10-13-7-9(12)8-14-10/h7-8H,1-6H2. The molecule has 1 saturated heterocycles. The highest BCUT2D eigenvalue weighted by Crippen LogP contribution is 2.11. The number of hydrogen-bond donors (Lipinski definition) is 0. The van der Waals surface area contributed by atoms with Crippen LogP contribution in [0.1, 0.15) is 0 Å². The molecular weight excluding hydrogens is 338 g/mol. The van der Waals surface area contributed by atoms with Gasteiger partial charge in [-0.15, -0.1) is 11.6 Å². The molecule has 0 aromatic carbocycles. The molecule has 0 unspecified atom stereocenters. The van der Waals surface area contributed by atoms with E-state index in [9.17, 15) is 0 Å². The molecule has 0 N–H and O–H groups in total. The van der Waals surface area contributed by atoms with Gasteiger partial charge in [0.25, 0.3) is 0 Å². The van der Waals surface area contributed by atoms with E-state index in [2.05, 4.69) is 42.4 Å². The molecule has 1 aliphatic rings. The molecule has 0 aliphatic carbocycles. The second-order valence-electron chi connectivity index (χ2n) is 3.72. The van der Waals surface area contributed by atoms with Crippen LogP contribution in [0.2, 0.25) is 0 Å². The van der Waals surface area contributed by atoms with Gasteiger partial charge in [0.05, 0.1) is 0 Å². The Morgan fingerprint density at radius 3 is 2.38 bits per heavy atom. The topological polar surface area (TPSA) is 32.3 Å². The van der Waals surface area contributed by atoms with E-state index in [1.807, 2.05) is 12.4 Å². The van der Waals surface area contributed by atoms with Crippen molar-refractivity contribution >= 4 is 40.1 Å². The van der Waals surface area contributed by atoms with E-state index in [0.717, 1.165) is 42.2 Å². The predicted molar refractivity (Wildman–Crippen MR) is 74.1 cm³/mol. The Morgan fingerprint density at radius 2 is 1.81 bits per heavy atom. The number of halogens is 2. The van der Waals surface area contributed by atoms with Gasteiger partial charge in [-0.05, 0) is 22.6 Å². The van der Waals surface area contributed by atoms with Crippen LogP contribution in [0.5, 0.6) is 0 Å². The summed E-state index contributed by atoms with van der Waals surface area (Å²) in [5, 5.41) is 0. The minimum atomic E-state index is 0.708. The summed E-state index contributed by atoms with van der Waals surface area (Å²) in [6.07, 6.45) is 3.71. The molecule has 1 aromatic heterocycles. The SMILES string of the molecule is ClCCN1CCN(c2ncc(I)cn2)CC1.